The number of amides is 4. The number of carbonyl (C=O) groups excluding carboxylic acids is 4. The maximum absolute atomic E-state index is 12.8. The van der Waals surface area contributed by atoms with Gasteiger partial charge in [0.25, 0.3) is 11.8 Å². The molecule has 0 heterocycles. The molecule has 8 heteroatoms. The number of benzene rings is 2. The summed E-state index contributed by atoms with van der Waals surface area (Å²) in [5, 5.41) is 0. The first-order valence-corrected chi connectivity index (χ1v) is 9.83. The van der Waals surface area contributed by atoms with Crippen LogP contribution in [0.4, 0.5) is 0 Å². The van der Waals surface area contributed by atoms with E-state index < -0.39 is 23.6 Å². The minimum Gasteiger partial charge on any atom is -0.366 e. The van der Waals surface area contributed by atoms with Crippen LogP contribution in [0.5, 0.6) is 0 Å². The van der Waals surface area contributed by atoms with Gasteiger partial charge in [-0.15, -0.1) is 0 Å². The largest absolute Gasteiger partial charge is 0.366 e. The molecular formula is C22H24N4O4. The Morgan fingerprint density at radius 1 is 0.667 bits per heavy atom. The number of carbonyl (C=O) groups is 4. The van der Waals surface area contributed by atoms with E-state index in [1.54, 1.807) is 12.1 Å². The van der Waals surface area contributed by atoms with Crippen LogP contribution in [0.15, 0.2) is 36.4 Å². The van der Waals surface area contributed by atoms with Gasteiger partial charge in [0.2, 0.25) is 11.8 Å². The van der Waals surface area contributed by atoms with E-state index >= 15 is 0 Å². The van der Waals surface area contributed by atoms with E-state index in [1.165, 1.54) is 24.3 Å². The molecule has 0 spiro atoms. The maximum atomic E-state index is 12.8. The zero-order valence-electron chi connectivity index (χ0n) is 16.5. The minimum absolute atomic E-state index is 0.186. The lowest BCUT2D eigenvalue weighted by Gasteiger charge is -2.20. The van der Waals surface area contributed by atoms with Gasteiger partial charge >= 0.3 is 0 Å². The van der Waals surface area contributed by atoms with Crippen LogP contribution in [-0.4, -0.2) is 23.6 Å². The molecule has 2 aromatic rings. The molecule has 30 heavy (non-hydrogen) atoms. The van der Waals surface area contributed by atoms with Gasteiger partial charge in [-0.05, 0) is 67.1 Å². The number of hydrogen-bond acceptors (Lipinski definition) is 4. The zero-order chi connectivity index (χ0) is 21.7. The Bertz CT molecular complexity index is 1020. The highest BCUT2D eigenvalue weighted by Crippen LogP contribution is 2.26. The highest BCUT2D eigenvalue weighted by atomic mass is 16.2. The third-order valence-corrected chi connectivity index (χ3v) is 5.24. The summed E-state index contributed by atoms with van der Waals surface area (Å²) >= 11 is 0. The van der Waals surface area contributed by atoms with Gasteiger partial charge in [-0.25, -0.2) is 0 Å². The molecular weight excluding hydrogens is 384 g/mol. The standard InChI is InChI=1S/C22H24N4O4/c23-19(27)13-6-5-7-14(12-13)21(29)25-26-22(30)18-11-10-17(20(24)28)15-8-3-1-2-4-9-16(15)18/h5-7,10-12H,1-4,8-9H2,(H2,23,27)(H2,24,28)(H,25,29)(H,26,30). The van der Waals surface area contributed by atoms with Gasteiger partial charge < -0.3 is 11.5 Å². The molecule has 0 atom stereocenters. The van der Waals surface area contributed by atoms with Crippen molar-refractivity contribution >= 4 is 23.6 Å². The summed E-state index contributed by atoms with van der Waals surface area (Å²) < 4.78 is 0. The molecule has 0 bridgehead atoms. The Morgan fingerprint density at radius 3 is 1.87 bits per heavy atom. The molecule has 0 unspecified atom stereocenters. The van der Waals surface area contributed by atoms with E-state index in [2.05, 4.69) is 10.9 Å². The van der Waals surface area contributed by atoms with Crippen LogP contribution in [0, 0.1) is 0 Å². The fraction of sp³-hybridized carbons (Fsp3) is 0.273. The predicted molar refractivity (Wildman–Crippen MR) is 111 cm³/mol. The SMILES string of the molecule is NC(=O)c1cccc(C(=O)NNC(=O)c2ccc(C(N)=O)c3c2CCCCCC3)c1. The van der Waals surface area contributed by atoms with Crippen LogP contribution in [0.25, 0.3) is 0 Å². The summed E-state index contributed by atoms with van der Waals surface area (Å²) in [5.74, 6) is -2.23. The van der Waals surface area contributed by atoms with E-state index in [0.29, 0.717) is 24.0 Å². The van der Waals surface area contributed by atoms with Crippen molar-refractivity contribution in [3.05, 3.63) is 69.8 Å². The number of rotatable bonds is 4. The second-order valence-corrected chi connectivity index (χ2v) is 7.25. The van der Waals surface area contributed by atoms with Crippen molar-refractivity contribution in [2.45, 2.75) is 38.5 Å². The third kappa shape index (κ3) is 4.65. The first-order valence-electron chi connectivity index (χ1n) is 9.83. The molecule has 0 aromatic heterocycles. The average Bonchev–Trinajstić information content (AvgIpc) is 2.71. The van der Waals surface area contributed by atoms with Gasteiger partial charge in [-0.3, -0.25) is 30.0 Å². The van der Waals surface area contributed by atoms with Crippen molar-refractivity contribution in [1.82, 2.24) is 10.9 Å². The van der Waals surface area contributed by atoms with Crippen molar-refractivity contribution in [2.75, 3.05) is 0 Å². The van der Waals surface area contributed by atoms with Crippen molar-refractivity contribution in [2.24, 2.45) is 11.5 Å². The summed E-state index contributed by atoms with van der Waals surface area (Å²) in [6.07, 6.45) is 5.28. The first-order chi connectivity index (χ1) is 14.4. The lowest BCUT2D eigenvalue weighted by molar-refractivity contribution is 0.0846. The number of hydrogen-bond donors (Lipinski definition) is 4. The normalized spacial score (nSPS) is 13.3. The van der Waals surface area contributed by atoms with Gasteiger partial charge in [-0.1, -0.05) is 18.9 Å². The van der Waals surface area contributed by atoms with Crippen molar-refractivity contribution in [1.29, 1.82) is 0 Å². The number of nitrogens with one attached hydrogen (secondary N) is 2. The molecule has 1 aliphatic carbocycles. The Labute approximate surface area is 174 Å². The first kappa shape index (κ1) is 21.0. The molecule has 0 saturated heterocycles. The van der Waals surface area contributed by atoms with Crippen molar-refractivity contribution in [3.8, 4) is 0 Å². The molecule has 0 saturated carbocycles. The summed E-state index contributed by atoms with van der Waals surface area (Å²) in [4.78, 5) is 48.2. The summed E-state index contributed by atoms with van der Waals surface area (Å²) in [7, 11) is 0. The van der Waals surface area contributed by atoms with Crippen LogP contribution in [-0.2, 0) is 12.8 Å². The molecule has 0 radical (unpaired) electrons. The topological polar surface area (TPSA) is 144 Å². The Hall–Kier alpha value is -3.68. The lowest BCUT2D eigenvalue weighted by Crippen LogP contribution is -2.42. The van der Waals surface area contributed by atoms with Crippen LogP contribution in [0.3, 0.4) is 0 Å². The van der Waals surface area contributed by atoms with Gasteiger partial charge in [0.1, 0.15) is 0 Å². The van der Waals surface area contributed by atoms with E-state index in [9.17, 15) is 19.2 Å². The minimum atomic E-state index is -0.651. The molecule has 3 rings (SSSR count). The summed E-state index contributed by atoms with van der Waals surface area (Å²) in [5.41, 5.74) is 18.4. The number of primary amides is 2. The number of fused-ring (bicyclic) bond motifs is 1. The van der Waals surface area contributed by atoms with Crippen LogP contribution < -0.4 is 22.3 Å². The number of hydrazine groups is 1. The molecule has 6 N–H and O–H groups in total. The molecule has 4 amide bonds. The fourth-order valence-electron chi connectivity index (χ4n) is 3.73. The van der Waals surface area contributed by atoms with Crippen molar-refractivity contribution in [3.63, 3.8) is 0 Å². The van der Waals surface area contributed by atoms with Gasteiger partial charge in [0.05, 0.1) is 0 Å². The summed E-state index contributed by atoms with van der Waals surface area (Å²) in [6.45, 7) is 0. The van der Waals surface area contributed by atoms with Crippen LogP contribution >= 0.6 is 0 Å². The van der Waals surface area contributed by atoms with E-state index in [0.717, 1.165) is 36.8 Å². The Balaban J connectivity index is 1.80. The molecule has 156 valence electrons. The lowest BCUT2D eigenvalue weighted by atomic mass is 9.86. The van der Waals surface area contributed by atoms with E-state index in [-0.39, 0.29) is 11.1 Å². The van der Waals surface area contributed by atoms with Crippen LogP contribution in [0.1, 0.15) is 78.2 Å². The number of nitrogens with two attached hydrogens (primary N) is 2. The maximum Gasteiger partial charge on any atom is 0.269 e. The quantitative estimate of drug-likeness (QED) is 0.570. The van der Waals surface area contributed by atoms with Crippen molar-refractivity contribution < 1.29 is 19.2 Å². The second-order valence-electron chi connectivity index (χ2n) is 7.25. The van der Waals surface area contributed by atoms with Gasteiger partial charge in [0.15, 0.2) is 0 Å². The Kier molecular flexibility index (Phi) is 6.46. The molecule has 2 aromatic carbocycles. The average molecular weight is 408 g/mol. The zero-order valence-corrected chi connectivity index (χ0v) is 16.5. The molecule has 1 aliphatic rings. The van der Waals surface area contributed by atoms with E-state index in [4.69, 9.17) is 11.5 Å². The Morgan fingerprint density at radius 2 is 1.23 bits per heavy atom. The predicted octanol–water partition coefficient (Wildman–Crippen LogP) is 1.62. The van der Waals surface area contributed by atoms with Gasteiger partial charge in [-0.2, -0.15) is 0 Å². The van der Waals surface area contributed by atoms with Gasteiger partial charge in [0, 0.05) is 22.3 Å². The van der Waals surface area contributed by atoms with Crippen LogP contribution in [0.2, 0.25) is 0 Å². The smallest absolute Gasteiger partial charge is 0.269 e. The molecule has 0 aliphatic heterocycles. The fourth-order valence-corrected chi connectivity index (χ4v) is 3.73. The van der Waals surface area contributed by atoms with E-state index in [1.807, 2.05) is 0 Å². The summed E-state index contributed by atoms with van der Waals surface area (Å²) in [6, 6.07) is 9.01. The third-order valence-electron chi connectivity index (χ3n) is 5.24. The highest BCUT2D eigenvalue weighted by molar-refractivity contribution is 6.03. The highest BCUT2D eigenvalue weighted by Gasteiger charge is 2.21. The second kappa shape index (κ2) is 9.21. The monoisotopic (exact) mass is 408 g/mol. The molecule has 8 nitrogen and oxygen atoms in total. The molecule has 0 fully saturated rings.